The molecule has 4 rings (SSSR count). The average Bonchev–Trinajstić information content (AvgIpc) is 2.84. The fourth-order valence-electron chi connectivity index (χ4n) is 4.15. The summed E-state index contributed by atoms with van der Waals surface area (Å²) in [6.07, 6.45) is 4.08. The van der Waals surface area contributed by atoms with Crippen LogP contribution in [-0.4, -0.2) is 35.4 Å². The molecular weight excluding hydrogens is 250 g/mol. The number of hydrogen-bond donors (Lipinski definition) is 2. The lowest BCUT2D eigenvalue weighted by molar-refractivity contribution is -0.124. The molecule has 1 aliphatic heterocycles. The van der Waals surface area contributed by atoms with Gasteiger partial charge in [-0.25, -0.2) is 0 Å². The number of aromatic nitrogens is 1. The molecule has 3 N–H and O–H groups in total. The molecule has 2 aromatic rings. The van der Waals surface area contributed by atoms with Gasteiger partial charge in [-0.05, 0) is 37.1 Å². The lowest BCUT2D eigenvalue weighted by Crippen LogP contribution is -2.50. The third-order valence-electron chi connectivity index (χ3n) is 5.13. The molecule has 0 spiro atoms. The maximum absolute atomic E-state index is 11.6. The lowest BCUT2D eigenvalue weighted by atomic mass is 9.72. The largest absolute Gasteiger partial charge is 0.369 e. The summed E-state index contributed by atoms with van der Waals surface area (Å²) in [4.78, 5) is 17.3. The second-order valence-corrected chi connectivity index (χ2v) is 6.24. The van der Waals surface area contributed by atoms with Crippen LogP contribution in [0.15, 0.2) is 24.4 Å². The van der Waals surface area contributed by atoms with Gasteiger partial charge in [0, 0.05) is 35.6 Å². The van der Waals surface area contributed by atoms with Crippen molar-refractivity contribution in [3.63, 3.8) is 0 Å². The van der Waals surface area contributed by atoms with Crippen LogP contribution in [0.25, 0.3) is 10.9 Å². The van der Waals surface area contributed by atoms with E-state index in [2.05, 4.69) is 41.3 Å². The van der Waals surface area contributed by atoms with Crippen LogP contribution < -0.4 is 5.73 Å². The summed E-state index contributed by atoms with van der Waals surface area (Å²) in [5.41, 5.74) is 9.55. The number of fused-ring (bicyclic) bond motifs is 2. The molecule has 1 aromatic carbocycles. The van der Waals surface area contributed by atoms with Gasteiger partial charge in [-0.1, -0.05) is 12.1 Å². The molecule has 104 valence electrons. The number of carbonyl (C=O) groups excluding carboxylic acids is 1. The number of aromatic amines is 1. The van der Waals surface area contributed by atoms with Crippen molar-refractivity contribution in [2.75, 3.05) is 13.6 Å². The Balaban J connectivity index is 1.85. The molecular formula is C16H19N3O. The standard InChI is InChI=1S/C16H19N3O/c1-19-8-10(16(17)20)5-12-11-3-2-4-13-15(11)9(7-18-13)6-14(12)19/h2-4,7,10,12,14,18H,5-6,8H2,1H3,(H2,17,20)/t10-,12-,14+/m0/s1. The molecule has 1 aliphatic carbocycles. The number of hydrogen-bond acceptors (Lipinski definition) is 2. The van der Waals surface area contributed by atoms with E-state index in [9.17, 15) is 4.79 Å². The minimum atomic E-state index is -0.164. The molecule has 20 heavy (non-hydrogen) atoms. The fraction of sp³-hybridized carbons (Fsp3) is 0.438. The number of nitrogens with one attached hydrogen (secondary N) is 1. The van der Waals surface area contributed by atoms with Crippen molar-refractivity contribution in [2.24, 2.45) is 11.7 Å². The number of H-pyrrole nitrogens is 1. The minimum Gasteiger partial charge on any atom is -0.369 e. The van der Waals surface area contributed by atoms with E-state index in [1.165, 1.54) is 22.0 Å². The molecule has 1 fully saturated rings. The van der Waals surface area contributed by atoms with Crippen LogP contribution in [0.4, 0.5) is 0 Å². The van der Waals surface area contributed by atoms with Crippen molar-refractivity contribution < 1.29 is 4.79 Å². The number of carbonyl (C=O) groups is 1. The summed E-state index contributed by atoms with van der Waals surface area (Å²) >= 11 is 0. The summed E-state index contributed by atoms with van der Waals surface area (Å²) in [6, 6.07) is 6.93. The van der Waals surface area contributed by atoms with Gasteiger partial charge in [0.2, 0.25) is 5.91 Å². The van der Waals surface area contributed by atoms with Crippen molar-refractivity contribution >= 4 is 16.8 Å². The number of nitrogens with zero attached hydrogens (tertiary/aromatic N) is 1. The Labute approximate surface area is 117 Å². The van der Waals surface area contributed by atoms with E-state index >= 15 is 0 Å². The van der Waals surface area contributed by atoms with Gasteiger partial charge in [-0.2, -0.15) is 0 Å². The van der Waals surface area contributed by atoms with Crippen LogP contribution in [0, 0.1) is 5.92 Å². The Kier molecular flexibility index (Phi) is 2.45. The molecule has 1 aromatic heterocycles. The quantitative estimate of drug-likeness (QED) is 0.826. The number of amides is 1. The first-order chi connectivity index (χ1) is 9.65. The predicted octanol–water partition coefficient (Wildman–Crippen LogP) is 1.61. The zero-order chi connectivity index (χ0) is 13.9. The van der Waals surface area contributed by atoms with E-state index in [1.807, 2.05) is 0 Å². The van der Waals surface area contributed by atoms with Gasteiger partial charge in [0.15, 0.2) is 0 Å². The third-order valence-corrected chi connectivity index (χ3v) is 5.13. The average molecular weight is 269 g/mol. The lowest BCUT2D eigenvalue weighted by Gasteiger charge is -2.44. The van der Waals surface area contributed by atoms with Crippen LogP contribution in [0.5, 0.6) is 0 Å². The Bertz CT molecular complexity index is 690. The van der Waals surface area contributed by atoms with Crippen LogP contribution in [0.3, 0.4) is 0 Å². The summed E-state index contributed by atoms with van der Waals surface area (Å²) in [5, 5.41) is 1.37. The fourth-order valence-corrected chi connectivity index (χ4v) is 4.15. The van der Waals surface area contributed by atoms with Crippen LogP contribution in [-0.2, 0) is 11.2 Å². The van der Waals surface area contributed by atoms with Gasteiger partial charge in [0.05, 0.1) is 5.92 Å². The number of likely N-dealkylation sites (N-methyl/N-ethyl adjacent to an activating group) is 1. The Hall–Kier alpha value is -1.81. The maximum Gasteiger partial charge on any atom is 0.221 e. The van der Waals surface area contributed by atoms with Gasteiger partial charge >= 0.3 is 0 Å². The van der Waals surface area contributed by atoms with Crippen LogP contribution >= 0.6 is 0 Å². The van der Waals surface area contributed by atoms with E-state index in [0.717, 1.165) is 19.4 Å². The van der Waals surface area contributed by atoms with E-state index in [1.54, 1.807) is 0 Å². The first-order valence-electron chi connectivity index (χ1n) is 7.23. The summed E-state index contributed by atoms with van der Waals surface area (Å²) in [6.45, 7) is 0.784. The molecule has 0 radical (unpaired) electrons. The zero-order valence-electron chi connectivity index (χ0n) is 11.6. The monoisotopic (exact) mass is 269 g/mol. The van der Waals surface area contributed by atoms with Gasteiger partial charge in [0.1, 0.15) is 0 Å². The number of primary amides is 1. The van der Waals surface area contributed by atoms with Crippen molar-refractivity contribution in [1.29, 1.82) is 0 Å². The highest BCUT2D eigenvalue weighted by molar-refractivity contribution is 5.88. The molecule has 2 heterocycles. The van der Waals surface area contributed by atoms with Crippen molar-refractivity contribution in [1.82, 2.24) is 9.88 Å². The Morgan fingerprint density at radius 1 is 1.45 bits per heavy atom. The van der Waals surface area contributed by atoms with E-state index in [4.69, 9.17) is 5.73 Å². The first-order valence-corrected chi connectivity index (χ1v) is 7.23. The summed E-state index contributed by atoms with van der Waals surface area (Å²) in [5.74, 6) is 0.220. The highest BCUT2D eigenvalue weighted by Crippen LogP contribution is 2.44. The highest BCUT2D eigenvalue weighted by atomic mass is 16.1. The normalized spacial score (nSPS) is 29.4. The molecule has 4 nitrogen and oxygen atoms in total. The van der Waals surface area contributed by atoms with Gasteiger partial charge in [-0.3, -0.25) is 4.79 Å². The van der Waals surface area contributed by atoms with E-state index in [-0.39, 0.29) is 11.8 Å². The summed E-state index contributed by atoms with van der Waals surface area (Å²) < 4.78 is 0. The minimum absolute atomic E-state index is 0.0306. The van der Waals surface area contributed by atoms with E-state index < -0.39 is 0 Å². The molecule has 0 bridgehead atoms. The number of likely N-dealkylation sites (tertiary alicyclic amines) is 1. The number of benzene rings is 1. The zero-order valence-corrected chi connectivity index (χ0v) is 11.6. The number of rotatable bonds is 1. The predicted molar refractivity (Wildman–Crippen MR) is 78.5 cm³/mol. The van der Waals surface area contributed by atoms with Crippen LogP contribution in [0.1, 0.15) is 23.5 Å². The number of piperidine rings is 1. The molecule has 4 heteroatoms. The summed E-state index contributed by atoms with van der Waals surface area (Å²) in [7, 11) is 2.12. The molecule has 2 aliphatic rings. The Morgan fingerprint density at radius 3 is 3.10 bits per heavy atom. The van der Waals surface area contributed by atoms with Gasteiger partial charge in [0.25, 0.3) is 0 Å². The van der Waals surface area contributed by atoms with Gasteiger partial charge in [-0.15, -0.1) is 0 Å². The molecule has 1 amide bonds. The second kappa shape index (κ2) is 4.09. The molecule has 0 unspecified atom stereocenters. The molecule has 3 atom stereocenters. The van der Waals surface area contributed by atoms with Crippen molar-refractivity contribution in [2.45, 2.75) is 24.8 Å². The van der Waals surface area contributed by atoms with Crippen molar-refractivity contribution in [3.8, 4) is 0 Å². The number of nitrogens with two attached hydrogens (primary N) is 1. The third kappa shape index (κ3) is 1.54. The molecule has 0 saturated carbocycles. The van der Waals surface area contributed by atoms with Crippen molar-refractivity contribution in [3.05, 3.63) is 35.5 Å². The Morgan fingerprint density at radius 2 is 2.30 bits per heavy atom. The van der Waals surface area contributed by atoms with Crippen LogP contribution in [0.2, 0.25) is 0 Å². The maximum atomic E-state index is 11.6. The topological polar surface area (TPSA) is 62.1 Å². The SMILES string of the molecule is CN1C[C@@H](C(N)=O)C[C@H]2c3cccc4[nH]cc(c34)C[C@H]21. The second-order valence-electron chi connectivity index (χ2n) is 6.24. The smallest absolute Gasteiger partial charge is 0.221 e. The molecule has 1 saturated heterocycles. The highest BCUT2D eigenvalue weighted by Gasteiger charge is 2.40. The first kappa shape index (κ1) is 12.0. The van der Waals surface area contributed by atoms with Gasteiger partial charge < -0.3 is 15.6 Å². The van der Waals surface area contributed by atoms with E-state index in [0.29, 0.717) is 12.0 Å².